The molecule has 2 rings (SSSR count). The first-order valence-electron chi connectivity index (χ1n) is 7.93. The summed E-state index contributed by atoms with van der Waals surface area (Å²) in [6.07, 6.45) is 4.17. The summed E-state index contributed by atoms with van der Waals surface area (Å²) >= 11 is 0. The number of ether oxygens (including phenoxy) is 4. The lowest BCUT2D eigenvalue weighted by molar-refractivity contribution is -0.161. The van der Waals surface area contributed by atoms with Gasteiger partial charge in [0.1, 0.15) is 25.9 Å². The van der Waals surface area contributed by atoms with Crippen molar-refractivity contribution < 1.29 is 33.3 Å². The number of hydrogen-bond donors (Lipinski definition) is 0. The Balaban J connectivity index is 1.86. The predicted molar refractivity (Wildman–Crippen MR) is 82.8 cm³/mol. The molecule has 7 heteroatoms. The van der Waals surface area contributed by atoms with Crippen molar-refractivity contribution in [2.24, 2.45) is 11.8 Å². The van der Waals surface area contributed by atoms with Crippen LogP contribution in [0.5, 0.6) is 0 Å². The third-order valence-electron chi connectivity index (χ3n) is 3.95. The second kappa shape index (κ2) is 8.63. The Hall–Kier alpha value is -2.15. The lowest BCUT2D eigenvalue weighted by Gasteiger charge is -2.28. The standard InChI is InChI=1S/C17H22O7/c1-3-14(18)21-7-8-22-16(19)13-6-4-5-11(2)15(13)17(20)24-10-12-9-23-12/h3,5,12-13,15H,1,4,6-10H2,2H3. The molecule has 1 aliphatic heterocycles. The summed E-state index contributed by atoms with van der Waals surface area (Å²) in [5.41, 5.74) is 0.808. The molecule has 0 aromatic rings. The zero-order valence-electron chi connectivity index (χ0n) is 13.7. The monoisotopic (exact) mass is 338 g/mol. The number of epoxide rings is 1. The molecule has 1 fully saturated rings. The van der Waals surface area contributed by atoms with E-state index in [4.69, 9.17) is 18.9 Å². The Bertz CT molecular complexity index is 533. The van der Waals surface area contributed by atoms with Gasteiger partial charge in [0.25, 0.3) is 0 Å². The third kappa shape index (κ3) is 5.19. The van der Waals surface area contributed by atoms with Crippen LogP contribution in [0.25, 0.3) is 0 Å². The molecule has 132 valence electrons. The van der Waals surface area contributed by atoms with Gasteiger partial charge < -0.3 is 18.9 Å². The van der Waals surface area contributed by atoms with Crippen LogP contribution in [0.15, 0.2) is 24.3 Å². The van der Waals surface area contributed by atoms with E-state index in [1.54, 1.807) is 0 Å². The van der Waals surface area contributed by atoms with E-state index in [1.807, 2.05) is 13.0 Å². The van der Waals surface area contributed by atoms with Crippen LogP contribution in [0.2, 0.25) is 0 Å². The largest absolute Gasteiger partial charge is 0.462 e. The highest BCUT2D eigenvalue weighted by Crippen LogP contribution is 2.32. The Morgan fingerprint density at radius 1 is 1.25 bits per heavy atom. The number of hydrogen-bond acceptors (Lipinski definition) is 7. The third-order valence-corrected chi connectivity index (χ3v) is 3.95. The maximum absolute atomic E-state index is 12.3. The van der Waals surface area contributed by atoms with Gasteiger partial charge in [0.15, 0.2) is 0 Å². The van der Waals surface area contributed by atoms with Crippen LogP contribution in [0.3, 0.4) is 0 Å². The SMILES string of the molecule is C=CC(=O)OCCOC(=O)C1CCC=C(C)C1C(=O)OCC1CO1. The van der Waals surface area contributed by atoms with E-state index in [0.29, 0.717) is 19.4 Å². The molecular formula is C17H22O7. The molecule has 1 saturated heterocycles. The zero-order chi connectivity index (χ0) is 17.5. The fourth-order valence-electron chi connectivity index (χ4n) is 2.59. The zero-order valence-corrected chi connectivity index (χ0v) is 13.7. The summed E-state index contributed by atoms with van der Waals surface area (Å²) in [4.78, 5) is 35.5. The predicted octanol–water partition coefficient (Wildman–Crippen LogP) is 1.17. The Morgan fingerprint density at radius 2 is 1.96 bits per heavy atom. The van der Waals surface area contributed by atoms with Gasteiger partial charge in [-0.2, -0.15) is 0 Å². The molecule has 0 N–H and O–H groups in total. The number of allylic oxidation sites excluding steroid dienone is 1. The molecule has 1 heterocycles. The van der Waals surface area contributed by atoms with Gasteiger partial charge in [0, 0.05) is 6.08 Å². The Morgan fingerprint density at radius 3 is 2.62 bits per heavy atom. The van der Waals surface area contributed by atoms with Gasteiger partial charge in [-0.25, -0.2) is 4.79 Å². The lowest BCUT2D eigenvalue weighted by Crippen LogP contribution is -2.36. The van der Waals surface area contributed by atoms with Crippen molar-refractivity contribution in [3.8, 4) is 0 Å². The minimum atomic E-state index is -0.638. The van der Waals surface area contributed by atoms with Gasteiger partial charge >= 0.3 is 17.9 Å². The Labute approximate surface area is 140 Å². The molecule has 0 radical (unpaired) electrons. The molecule has 0 saturated carbocycles. The molecule has 3 atom stereocenters. The molecule has 0 aromatic heterocycles. The molecule has 3 unspecified atom stereocenters. The Kier molecular flexibility index (Phi) is 6.54. The van der Waals surface area contributed by atoms with Crippen LogP contribution >= 0.6 is 0 Å². The van der Waals surface area contributed by atoms with Crippen LogP contribution in [-0.2, 0) is 33.3 Å². The van der Waals surface area contributed by atoms with Crippen molar-refractivity contribution in [1.82, 2.24) is 0 Å². The van der Waals surface area contributed by atoms with Crippen molar-refractivity contribution in [2.45, 2.75) is 25.9 Å². The maximum atomic E-state index is 12.3. The summed E-state index contributed by atoms with van der Waals surface area (Å²) in [5, 5.41) is 0. The fraction of sp³-hybridized carbons (Fsp3) is 0.588. The highest BCUT2D eigenvalue weighted by molar-refractivity contribution is 5.85. The number of esters is 3. The van der Waals surface area contributed by atoms with E-state index >= 15 is 0 Å². The van der Waals surface area contributed by atoms with Crippen LogP contribution < -0.4 is 0 Å². The number of carbonyl (C=O) groups excluding carboxylic acids is 3. The smallest absolute Gasteiger partial charge is 0.330 e. The van der Waals surface area contributed by atoms with Gasteiger partial charge in [-0.15, -0.1) is 0 Å². The topological polar surface area (TPSA) is 91.4 Å². The second-order valence-corrected chi connectivity index (χ2v) is 5.73. The second-order valence-electron chi connectivity index (χ2n) is 5.73. The van der Waals surface area contributed by atoms with E-state index < -0.39 is 29.7 Å². The van der Waals surface area contributed by atoms with Crippen molar-refractivity contribution in [1.29, 1.82) is 0 Å². The van der Waals surface area contributed by atoms with Gasteiger partial charge in [-0.3, -0.25) is 9.59 Å². The van der Waals surface area contributed by atoms with Crippen LogP contribution in [0.1, 0.15) is 19.8 Å². The molecule has 0 amide bonds. The normalized spacial score (nSPS) is 25.2. The van der Waals surface area contributed by atoms with E-state index in [0.717, 1.165) is 11.6 Å². The average Bonchev–Trinajstić information content (AvgIpc) is 3.40. The molecule has 1 aliphatic carbocycles. The highest BCUT2D eigenvalue weighted by Gasteiger charge is 2.39. The van der Waals surface area contributed by atoms with Crippen molar-refractivity contribution in [2.75, 3.05) is 26.4 Å². The van der Waals surface area contributed by atoms with Gasteiger partial charge in [0.05, 0.1) is 18.4 Å². The first-order valence-corrected chi connectivity index (χ1v) is 7.93. The molecule has 2 aliphatic rings. The van der Waals surface area contributed by atoms with Crippen molar-refractivity contribution in [3.05, 3.63) is 24.3 Å². The summed E-state index contributed by atoms with van der Waals surface area (Å²) in [5.74, 6) is -2.72. The van der Waals surface area contributed by atoms with E-state index in [-0.39, 0.29) is 25.9 Å². The summed E-state index contributed by atoms with van der Waals surface area (Å²) in [6, 6.07) is 0. The van der Waals surface area contributed by atoms with Gasteiger partial charge in [0.2, 0.25) is 0 Å². The minimum Gasteiger partial charge on any atom is -0.462 e. The number of carbonyl (C=O) groups is 3. The van der Waals surface area contributed by atoms with E-state index in [9.17, 15) is 14.4 Å². The summed E-state index contributed by atoms with van der Waals surface area (Å²) in [7, 11) is 0. The van der Waals surface area contributed by atoms with Gasteiger partial charge in [-0.05, 0) is 19.8 Å². The maximum Gasteiger partial charge on any atom is 0.330 e. The molecule has 7 nitrogen and oxygen atoms in total. The lowest BCUT2D eigenvalue weighted by atomic mass is 9.79. The highest BCUT2D eigenvalue weighted by atomic mass is 16.6. The van der Waals surface area contributed by atoms with E-state index in [2.05, 4.69) is 6.58 Å². The fourth-order valence-corrected chi connectivity index (χ4v) is 2.59. The molecule has 0 aromatic carbocycles. The molecule has 0 spiro atoms. The summed E-state index contributed by atoms with van der Waals surface area (Å²) < 4.78 is 20.1. The minimum absolute atomic E-state index is 0.0215. The van der Waals surface area contributed by atoms with Gasteiger partial charge in [-0.1, -0.05) is 18.2 Å². The summed E-state index contributed by atoms with van der Waals surface area (Å²) in [6.45, 7) is 5.78. The van der Waals surface area contributed by atoms with Crippen LogP contribution in [0.4, 0.5) is 0 Å². The first kappa shape index (κ1) is 18.2. The van der Waals surface area contributed by atoms with Crippen molar-refractivity contribution >= 4 is 17.9 Å². The van der Waals surface area contributed by atoms with Crippen LogP contribution in [0, 0.1) is 11.8 Å². The number of rotatable bonds is 8. The first-order chi connectivity index (χ1) is 11.5. The average molecular weight is 338 g/mol. The van der Waals surface area contributed by atoms with Crippen LogP contribution in [-0.4, -0.2) is 50.4 Å². The van der Waals surface area contributed by atoms with Crippen molar-refractivity contribution in [3.63, 3.8) is 0 Å². The quantitative estimate of drug-likeness (QED) is 0.164. The molecule has 0 bridgehead atoms. The molecule has 24 heavy (non-hydrogen) atoms. The van der Waals surface area contributed by atoms with E-state index in [1.165, 1.54) is 0 Å². The molecular weight excluding hydrogens is 316 g/mol.